The Labute approximate surface area is 121 Å². The number of aliphatic hydroxyl groups is 1. The number of benzene rings is 1. The van der Waals surface area contributed by atoms with E-state index >= 15 is 0 Å². The molecule has 0 spiro atoms. The second-order valence-electron chi connectivity index (χ2n) is 4.86. The van der Waals surface area contributed by atoms with Gasteiger partial charge in [0.1, 0.15) is 0 Å². The van der Waals surface area contributed by atoms with Gasteiger partial charge in [-0.25, -0.2) is 0 Å². The predicted octanol–water partition coefficient (Wildman–Crippen LogP) is 1.29. The molecule has 2 aromatic rings. The summed E-state index contributed by atoms with van der Waals surface area (Å²) in [6.45, 7) is 1.10. The number of nitrogens with zero attached hydrogens (tertiary/aromatic N) is 3. The van der Waals surface area contributed by atoms with Crippen LogP contribution in [0.2, 0.25) is 5.02 Å². The standard InChI is InChI=1S/C13H15ClN4O2/c14-9-3-1-8(2-4-9)12-16-17-13(20-12)18-6-5-10(15)11(19)7-18/h1-4,10-11,19H,5-7,15H2. The van der Waals surface area contributed by atoms with E-state index in [1.807, 2.05) is 17.0 Å². The SMILES string of the molecule is NC1CCN(c2nnc(-c3ccc(Cl)cc3)o2)CC1O. The zero-order valence-electron chi connectivity index (χ0n) is 10.7. The Balaban J connectivity index is 1.78. The lowest BCUT2D eigenvalue weighted by molar-refractivity contribution is 0.130. The molecule has 106 valence electrons. The highest BCUT2D eigenvalue weighted by molar-refractivity contribution is 6.30. The topological polar surface area (TPSA) is 88.4 Å². The average Bonchev–Trinajstić information content (AvgIpc) is 2.92. The van der Waals surface area contributed by atoms with E-state index in [4.69, 9.17) is 21.8 Å². The molecule has 2 atom stereocenters. The molecule has 0 saturated carbocycles. The minimum Gasteiger partial charge on any atom is -0.403 e. The van der Waals surface area contributed by atoms with Gasteiger partial charge < -0.3 is 20.2 Å². The van der Waals surface area contributed by atoms with Gasteiger partial charge in [-0.15, -0.1) is 5.10 Å². The van der Waals surface area contributed by atoms with Gasteiger partial charge in [0.05, 0.1) is 6.10 Å². The summed E-state index contributed by atoms with van der Waals surface area (Å²) in [4.78, 5) is 1.85. The molecule has 3 N–H and O–H groups in total. The molecule has 0 aliphatic carbocycles. The van der Waals surface area contributed by atoms with Crippen LogP contribution in [0, 0.1) is 0 Å². The van der Waals surface area contributed by atoms with E-state index in [2.05, 4.69) is 10.2 Å². The van der Waals surface area contributed by atoms with Crippen molar-refractivity contribution < 1.29 is 9.52 Å². The molecule has 2 heterocycles. The van der Waals surface area contributed by atoms with E-state index in [0.717, 1.165) is 5.56 Å². The summed E-state index contributed by atoms with van der Waals surface area (Å²) in [7, 11) is 0. The highest BCUT2D eigenvalue weighted by atomic mass is 35.5. The molecule has 0 radical (unpaired) electrons. The van der Waals surface area contributed by atoms with Crippen molar-refractivity contribution in [3.05, 3.63) is 29.3 Å². The molecule has 1 aliphatic rings. The minimum atomic E-state index is -0.574. The number of aromatic nitrogens is 2. The van der Waals surface area contributed by atoms with Crippen molar-refractivity contribution in [1.29, 1.82) is 0 Å². The first-order valence-corrected chi connectivity index (χ1v) is 6.79. The van der Waals surface area contributed by atoms with Gasteiger partial charge in [0.15, 0.2) is 0 Å². The van der Waals surface area contributed by atoms with Crippen LogP contribution in [0.1, 0.15) is 6.42 Å². The van der Waals surface area contributed by atoms with Crippen LogP contribution in [0.3, 0.4) is 0 Å². The molecule has 1 saturated heterocycles. The molecule has 0 amide bonds. The number of β-amino-alcohol motifs (C(OH)–C–C–N with tert-alkyl or cyclic N) is 1. The molecule has 0 bridgehead atoms. The van der Waals surface area contributed by atoms with Crippen molar-refractivity contribution in [2.45, 2.75) is 18.6 Å². The van der Waals surface area contributed by atoms with Crippen LogP contribution in [-0.4, -0.2) is 40.5 Å². The third-order valence-electron chi connectivity index (χ3n) is 3.41. The average molecular weight is 295 g/mol. The summed E-state index contributed by atoms with van der Waals surface area (Å²) < 4.78 is 5.64. The lowest BCUT2D eigenvalue weighted by Crippen LogP contribution is -2.50. The van der Waals surface area contributed by atoms with E-state index in [1.54, 1.807) is 12.1 Å². The minimum absolute atomic E-state index is 0.190. The van der Waals surface area contributed by atoms with E-state index in [9.17, 15) is 5.11 Å². The molecule has 1 aliphatic heterocycles. The van der Waals surface area contributed by atoms with Crippen LogP contribution < -0.4 is 10.6 Å². The Morgan fingerprint density at radius 2 is 2.05 bits per heavy atom. The van der Waals surface area contributed by atoms with Gasteiger partial charge in [0.2, 0.25) is 5.89 Å². The Morgan fingerprint density at radius 3 is 2.75 bits per heavy atom. The maximum Gasteiger partial charge on any atom is 0.318 e. The fourth-order valence-electron chi connectivity index (χ4n) is 2.18. The number of hydrogen-bond donors (Lipinski definition) is 2. The second kappa shape index (κ2) is 5.40. The zero-order valence-corrected chi connectivity index (χ0v) is 11.5. The molecule has 6 nitrogen and oxygen atoms in total. The highest BCUT2D eigenvalue weighted by Gasteiger charge is 2.27. The first kappa shape index (κ1) is 13.4. The van der Waals surface area contributed by atoms with Crippen molar-refractivity contribution in [3.8, 4) is 11.5 Å². The van der Waals surface area contributed by atoms with Gasteiger partial charge in [0, 0.05) is 29.7 Å². The van der Waals surface area contributed by atoms with Crippen LogP contribution in [0.4, 0.5) is 6.01 Å². The van der Waals surface area contributed by atoms with Crippen LogP contribution in [0.25, 0.3) is 11.5 Å². The van der Waals surface area contributed by atoms with Gasteiger partial charge in [-0.3, -0.25) is 0 Å². The Morgan fingerprint density at radius 1 is 1.30 bits per heavy atom. The molecular formula is C13H15ClN4O2. The zero-order chi connectivity index (χ0) is 14.1. The summed E-state index contributed by atoms with van der Waals surface area (Å²) in [6, 6.07) is 7.39. The van der Waals surface area contributed by atoms with Gasteiger partial charge in [-0.2, -0.15) is 0 Å². The predicted molar refractivity (Wildman–Crippen MR) is 75.6 cm³/mol. The molecule has 1 aromatic carbocycles. The van der Waals surface area contributed by atoms with Crippen molar-refractivity contribution in [2.75, 3.05) is 18.0 Å². The van der Waals surface area contributed by atoms with E-state index < -0.39 is 6.10 Å². The van der Waals surface area contributed by atoms with Crippen molar-refractivity contribution >= 4 is 17.6 Å². The van der Waals surface area contributed by atoms with E-state index in [1.165, 1.54) is 0 Å². The molecule has 3 rings (SSSR count). The number of piperidine rings is 1. The summed E-state index contributed by atoms with van der Waals surface area (Å²) >= 11 is 5.84. The number of aliphatic hydroxyl groups excluding tert-OH is 1. The van der Waals surface area contributed by atoms with Crippen molar-refractivity contribution in [2.24, 2.45) is 5.73 Å². The van der Waals surface area contributed by atoms with Crippen LogP contribution in [0.15, 0.2) is 28.7 Å². The number of rotatable bonds is 2. The number of nitrogens with two attached hydrogens (primary N) is 1. The Hall–Kier alpha value is -1.63. The second-order valence-corrected chi connectivity index (χ2v) is 5.30. The van der Waals surface area contributed by atoms with Crippen LogP contribution >= 0.6 is 11.6 Å². The van der Waals surface area contributed by atoms with Gasteiger partial charge >= 0.3 is 6.01 Å². The summed E-state index contributed by atoms with van der Waals surface area (Å²) in [5.74, 6) is 0.432. The molecular weight excluding hydrogens is 280 g/mol. The van der Waals surface area contributed by atoms with Crippen LogP contribution in [0.5, 0.6) is 0 Å². The van der Waals surface area contributed by atoms with Gasteiger partial charge in [-0.05, 0) is 30.7 Å². The first-order valence-electron chi connectivity index (χ1n) is 6.41. The number of anilines is 1. The van der Waals surface area contributed by atoms with Gasteiger partial charge in [0.25, 0.3) is 0 Å². The highest BCUT2D eigenvalue weighted by Crippen LogP contribution is 2.25. The first-order chi connectivity index (χ1) is 9.63. The smallest absolute Gasteiger partial charge is 0.318 e. The molecule has 20 heavy (non-hydrogen) atoms. The monoisotopic (exact) mass is 294 g/mol. The third kappa shape index (κ3) is 2.63. The van der Waals surface area contributed by atoms with Crippen molar-refractivity contribution in [1.82, 2.24) is 10.2 Å². The quantitative estimate of drug-likeness (QED) is 0.867. The lowest BCUT2D eigenvalue weighted by atomic mass is 10.0. The van der Waals surface area contributed by atoms with Crippen molar-refractivity contribution in [3.63, 3.8) is 0 Å². The van der Waals surface area contributed by atoms with Gasteiger partial charge in [-0.1, -0.05) is 16.7 Å². The largest absolute Gasteiger partial charge is 0.403 e. The Bertz CT molecular complexity index is 586. The maximum absolute atomic E-state index is 9.79. The van der Waals surface area contributed by atoms with Crippen LogP contribution in [-0.2, 0) is 0 Å². The van der Waals surface area contributed by atoms with E-state index in [-0.39, 0.29) is 6.04 Å². The van der Waals surface area contributed by atoms with E-state index in [0.29, 0.717) is 36.4 Å². The number of hydrogen-bond acceptors (Lipinski definition) is 6. The molecule has 1 fully saturated rings. The number of halogens is 1. The summed E-state index contributed by atoms with van der Waals surface area (Å²) in [5.41, 5.74) is 6.58. The molecule has 7 heteroatoms. The summed E-state index contributed by atoms with van der Waals surface area (Å²) in [6.07, 6.45) is 0.120. The molecule has 2 unspecified atom stereocenters. The maximum atomic E-state index is 9.79. The normalized spacial score (nSPS) is 23.1. The Kier molecular flexibility index (Phi) is 3.60. The summed E-state index contributed by atoms with van der Waals surface area (Å²) in [5, 5.41) is 18.5. The lowest BCUT2D eigenvalue weighted by Gasteiger charge is -2.32. The fraction of sp³-hybridized carbons (Fsp3) is 0.385. The molecule has 1 aromatic heterocycles. The third-order valence-corrected chi connectivity index (χ3v) is 3.66. The fourth-order valence-corrected chi connectivity index (χ4v) is 2.30.